The number of carbonyl (C=O) groups is 1. The van der Waals surface area contributed by atoms with Gasteiger partial charge in [0, 0.05) is 23.7 Å². The fourth-order valence-corrected chi connectivity index (χ4v) is 4.28. The summed E-state index contributed by atoms with van der Waals surface area (Å²) in [6.45, 7) is 3.59. The van der Waals surface area contributed by atoms with Crippen LogP contribution in [0.25, 0.3) is 11.3 Å². The van der Waals surface area contributed by atoms with Gasteiger partial charge < -0.3 is 4.52 Å². The van der Waals surface area contributed by atoms with Gasteiger partial charge in [-0.05, 0) is 39.0 Å². The fraction of sp³-hybridized carbons (Fsp3) is 0.409. The van der Waals surface area contributed by atoms with E-state index in [9.17, 15) is 18.0 Å². The molecule has 3 aromatic rings. The van der Waals surface area contributed by atoms with Crippen LogP contribution < -0.4 is 4.90 Å². The Morgan fingerprint density at radius 1 is 1.13 bits per heavy atom. The molecule has 0 saturated heterocycles. The maximum Gasteiger partial charge on any atom is 0.410 e. The number of anilines is 1. The topological polar surface area (TPSA) is 64.2 Å². The Morgan fingerprint density at radius 2 is 1.84 bits per heavy atom. The summed E-state index contributed by atoms with van der Waals surface area (Å²) in [5.41, 5.74) is 2.35. The molecule has 2 aliphatic rings. The van der Waals surface area contributed by atoms with E-state index in [0.717, 1.165) is 28.7 Å². The second-order valence-electron chi connectivity index (χ2n) is 8.40. The summed E-state index contributed by atoms with van der Waals surface area (Å²) in [7, 11) is 0. The van der Waals surface area contributed by atoms with Gasteiger partial charge in [-0.1, -0.05) is 35.0 Å². The van der Waals surface area contributed by atoms with Crippen molar-refractivity contribution in [3.63, 3.8) is 0 Å². The first-order valence-corrected chi connectivity index (χ1v) is 10.2. The van der Waals surface area contributed by atoms with Crippen molar-refractivity contribution in [2.45, 2.75) is 51.4 Å². The number of hydrogen-bond donors (Lipinski definition) is 0. The SMILES string of the molecule is Cc1ccc(-c2cc(C(=O)N3c4cc(C)nn4[C@@H](C(F)(F)F)C[C@@H]3C3CC3)no2)cc1. The Kier molecular flexibility index (Phi) is 4.46. The molecule has 2 aromatic heterocycles. The number of rotatable bonds is 3. The van der Waals surface area contributed by atoms with Crippen LogP contribution in [0.15, 0.2) is 40.9 Å². The number of aryl methyl sites for hydroxylation is 2. The molecular formula is C22H21F3N4O2. The number of fused-ring (bicyclic) bond motifs is 1. The lowest BCUT2D eigenvalue weighted by Crippen LogP contribution is -2.50. The van der Waals surface area contributed by atoms with Gasteiger partial charge in [0.25, 0.3) is 5.91 Å². The minimum Gasteiger partial charge on any atom is -0.355 e. The van der Waals surface area contributed by atoms with Crippen molar-refractivity contribution in [1.82, 2.24) is 14.9 Å². The Labute approximate surface area is 176 Å². The summed E-state index contributed by atoms with van der Waals surface area (Å²) in [5, 5.41) is 7.99. The van der Waals surface area contributed by atoms with Crippen LogP contribution in [0.1, 0.15) is 47.1 Å². The molecule has 1 aliphatic carbocycles. The number of benzene rings is 1. The summed E-state index contributed by atoms with van der Waals surface area (Å²) in [5.74, 6) is 0.163. The molecular weight excluding hydrogens is 409 g/mol. The third-order valence-electron chi connectivity index (χ3n) is 6.00. The maximum absolute atomic E-state index is 13.8. The van der Waals surface area contributed by atoms with Crippen molar-refractivity contribution < 1.29 is 22.5 Å². The van der Waals surface area contributed by atoms with Gasteiger partial charge in [-0.15, -0.1) is 0 Å². The van der Waals surface area contributed by atoms with Gasteiger partial charge >= 0.3 is 6.18 Å². The first-order chi connectivity index (χ1) is 14.7. The molecule has 1 aliphatic heterocycles. The molecule has 5 rings (SSSR count). The number of alkyl halides is 3. The average Bonchev–Trinajstić information content (AvgIpc) is 3.30. The van der Waals surface area contributed by atoms with Gasteiger partial charge in [0.05, 0.1) is 5.69 Å². The lowest BCUT2D eigenvalue weighted by molar-refractivity contribution is -0.174. The molecule has 9 heteroatoms. The Morgan fingerprint density at radius 3 is 2.48 bits per heavy atom. The van der Waals surface area contributed by atoms with Crippen LogP contribution >= 0.6 is 0 Å². The number of hydrogen-bond acceptors (Lipinski definition) is 4. The van der Waals surface area contributed by atoms with Crippen LogP contribution in [0, 0.1) is 19.8 Å². The summed E-state index contributed by atoms with van der Waals surface area (Å²) < 4.78 is 47.6. The van der Waals surface area contributed by atoms with Crippen LogP contribution in [-0.4, -0.2) is 33.1 Å². The van der Waals surface area contributed by atoms with Crippen LogP contribution in [0.5, 0.6) is 0 Å². The van der Waals surface area contributed by atoms with E-state index in [1.807, 2.05) is 31.2 Å². The fourth-order valence-electron chi connectivity index (χ4n) is 4.28. The van der Waals surface area contributed by atoms with Crippen molar-refractivity contribution in [3.8, 4) is 11.3 Å². The summed E-state index contributed by atoms with van der Waals surface area (Å²) in [6.07, 6.45) is -3.04. The lowest BCUT2D eigenvalue weighted by atomic mass is 9.97. The van der Waals surface area contributed by atoms with E-state index < -0.39 is 24.2 Å². The molecule has 2 atom stereocenters. The van der Waals surface area contributed by atoms with Crippen molar-refractivity contribution in [1.29, 1.82) is 0 Å². The quantitative estimate of drug-likeness (QED) is 0.581. The van der Waals surface area contributed by atoms with Crippen molar-refractivity contribution >= 4 is 11.7 Å². The van der Waals surface area contributed by atoms with Crippen molar-refractivity contribution in [2.24, 2.45) is 5.92 Å². The van der Waals surface area contributed by atoms with E-state index in [2.05, 4.69) is 10.3 Å². The molecule has 0 radical (unpaired) electrons. The number of halogens is 3. The largest absolute Gasteiger partial charge is 0.410 e. The molecule has 0 spiro atoms. The molecule has 6 nitrogen and oxygen atoms in total. The highest BCUT2D eigenvalue weighted by atomic mass is 19.4. The van der Waals surface area contributed by atoms with E-state index in [1.165, 1.54) is 11.0 Å². The number of nitrogens with zero attached hydrogens (tertiary/aromatic N) is 4. The zero-order valence-electron chi connectivity index (χ0n) is 17.1. The monoisotopic (exact) mass is 430 g/mol. The Bertz CT molecular complexity index is 1130. The number of carbonyl (C=O) groups excluding carboxylic acids is 1. The first kappa shape index (κ1) is 19.8. The highest BCUT2D eigenvalue weighted by Crippen LogP contribution is 2.48. The van der Waals surface area contributed by atoms with E-state index in [-0.39, 0.29) is 23.9 Å². The van der Waals surface area contributed by atoms with Crippen LogP contribution in [0.3, 0.4) is 0 Å². The highest BCUT2D eigenvalue weighted by Gasteiger charge is 2.53. The normalized spacial score (nSPS) is 21.3. The molecule has 0 bridgehead atoms. The lowest BCUT2D eigenvalue weighted by Gasteiger charge is -2.40. The third kappa shape index (κ3) is 3.51. The maximum atomic E-state index is 13.8. The van der Waals surface area contributed by atoms with Crippen molar-refractivity contribution in [2.75, 3.05) is 4.90 Å². The predicted molar refractivity (Wildman–Crippen MR) is 107 cm³/mol. The van der Waals surface area contributed by atoms with Crippen molar-refractivity contribution in [3.05, 3.63) is 53.3 Å². The number of aromatic nitrogens is 3. The zero-order chi connectivity index (χ0) is 21.9. The molecule has 0 N–H and O–H groups in total. The molecule has 1 fully saturated rings. The van der Waals surface area contributed by atoms with Crippen LogP contribution in [0.4, 0.5) is 19.0 Å². The van der Waals surface area contributed by atoms with E-state index in [0.29, 0.717) is 11.5 Å². The van der Waals surface area contributed by atoms with Gasteiger partial charge in [-0.25, -0.2) is 4.68 Å². The van der Waals surface area contributed by atoms with Gasteiger partial charge in [0.2, 0.25) is 0 Å². The van der Waals surface area contributed by atoms with Crippen LogP contribution in [0.2, 0.25) is 0 Å². The molecule has 31 heavy (non-hydrogen) atoms. The van der Waals surface area contributed by atoms with Gasteiger partial charge in [0.15, 0.2) is 17.5 Å². The molecule has 3 heterocycles. The number of amides is 1. The standard InChI is InChI=1S/C22H21F3N4O2/c1-12-3-5-15(6-4-12)18-10-16(27-31-18)21(30)28-17(14-7-8-14)11-19(22(23,24)25)29-20(28)9-13(2)26-29/h3-6,9-10,14,17,19H,7-8,11H2,1-2H3/t17-,19-/m1/s1. The van der Waals surface area contributed by atoms with Gasteiger partial charge in [-0.2, -0.15) is 18.3 Å². The summed E-state index contributed by atoms with van der Waals surface area (Å²) >= 11 is 0. The minimum atomic E-state index is -4.44. The minimum absolute atomic E-state index is 0.0428. The van der Waals surface area contributed by atoms with E-state index >= 15 is 0 Å². The second kappa shape index (κ2) is 6.96. The Balaban J connectivity index is 1.53. The van der Waals surface area contributed by atoms with Gasteiger partial charge in [0.1, 0.15) is 5.82 Å². The highest BCUT2D eigenvalue weighted by molar-refractivity contribution is 6.05. The molecule has 1 saturated carbocycles. The Hall–Kier alpha value is -3.10. The third-order valence-corrected chi connectivity index (χ3v) is 6.00. The molecule has 1 amide bonds. The first-order valence-electron chi connectivity index (χ1n) is 10.2. The second-order valence-corrected chi connectivity index (χ2v) is 8.40. The molecule has 162 valence electrons. The van der Waals surface area contributed by atoms with Crippen LogP contribution in [-0.2, 0) is 0 Å². The van der Waals surface area contributed by atoms with E-state index in [4.69, 9.17) is 4.52 Å². The molecule has 1 aromatic carbocycles. The predicted octanol–water partition coefficient (Wildman–Crippen LogP) is 5.09. The summed E-state index contributed by atoms with van der Waals surface area (Å²) in [4.78, 5) is 14.9. The zero-order valence-corrected chi connectivity index (χ0v) is 17.1. The summed E-state index contributed by atoms with van der Waals surface area (Å²) in [6, 6.07) is 8.35. The van der Waals surface area contributed by atoms with E-state index in [1.54, 1.807) is 13.0 Å². The average molecular weight is 430 g/mol. The molecule has 0 unspecified atom stereocenters. The van der Waals surface area contributed by atoms with Gasteiger partial charge in [-0.3, -0.25) is 9.69 Å². The smallest absolute Gasteiger partial charge is 0.355 e.